The molecule has 1 aromatic heterocycles. The van der Waals surface area contributed by atoms with Crippen LogP contribution in [0.3, 0.4) is 0 Å². The summed E-state index contributed by atoms with van der Waals surface area (Å²) in [5.74, 6) is -0.591. The first kappa shape index (κ1) is 15.2. The van der Waals surface area contributed by atoms with Crippen molar-refractivity contribution >= 4 is 17.6 Å². The molecule has 0 atom stereocenters. The second-order valence-corrected chi connectivity index (χ2v) is 5.16. The van der Waals surface area contributed by atoms with E-state index < -0.39 is 11.8 Å². The Morgan fingerprint density at radius 1 is 1.17 bits per heavy atom. The molecule has 1 heterocycles. The number of carbonyl (C=O) groups excluding carboxylic acids is 1. The monoisotopic (exact) mass is 331 g/mol. The van der Waals surface area contributed by atoms with Crippen molar-refractivity contribution in [3.63, 3.8) is 0 Å². The lowest BCUT2D eigenvalue weighted by molar-refractivity contribution is 0.0464. The van der Waals surface area contributed by atoms with Gasteiger partial charge < -0.3 is 9.26 Å². The van der Waals surface area contributed by atoms with Gasteiger partial charge in [-0.25, -0.2) is 9.18 Å². The Morgan fingerprint density at radius 3 is 2.70 bits per heavy atom. The highest BCUT2D eigenvalue weighted by molar-refractivity contribution is 6.33. The highest BCUT2D eigenvalue weighted by atomic mass is 35.5. The van der Waals surface area contributed by atoms with Gasteiger partial charge in [-0.1, -0.05) is 47.1 Å². The van der Waals surface area contributed by atoms with Crippen LogP contribution in [-0.4, -0.2) is 11.1 Å². The topological polar surface area (TPSA) is 52.3 Å². The van der Waals surface area contributed by atoms with E-state index in [1.165, 1.54) is 6.07 Å². The number of halogens is 2. The zero-order valence-electron chi connectivity index (χ0n) is 11.8. The third kappa shape index (κ3) is 3.57. The Morgan fingerprint density at radius 2 is 1.96 bits per heavy atom. The quantitative estimate of drug-likeness (QED) is 0.661. The molecular formula is C17H11ClFNO3. The van der Waals surface area contributed by atoms with Crippen LogP contribution in [0, 0.1) is 5.82 Å². The maximum absolute atomic E-state index is 13.0. The van der Waals surface area contributed by atoms with E-state index >= 15 is 0 Å². The summed E-state index contributed by atoms with van der Waals surface area (Å²) >= 11 is 5.82. The Labute approximate surface area is 136 Å². The van der Waals surface area contributed by atoms with Crippen molar-refractivity contribution < 1.29 is 18.4 Å². The molecule has 2 aromatic carbocycles. The molecule has 23 heavy (non-hydrogen) atoms. The molecule has 3 rings (SSSR count). The third-order valence-electron chi connectivity index (χ3n) is 3.12. The fourth-order valence-electron chi connectivity index (χ4n) is 1.99. The van der Waals surface area contributed by atoms with E-state index in [1.54, 1.807) is 6.07 Å². The Balaban J connectivity index is 1.67. The molecule has 0 bridgehead atoms. The van der Waals surface area contributed by atoms with Crippen molar-refractivity contribution in [3.05, 3.63) is 76.7 Å². The first-order valence-corrected chi connectivity index (χ1v) is 7.14. The number of hydrogen-bond acceptors (Lipinski definition) is 4. The van der Waals surface area contributed by atoms with Crippen LogP contribution in [0.15, 0.2) is 59.1 Å². The van der Waals surface area contributed by atoms with Crippen LogP contribution >= 0.6 is 11.6 Å². The SMILES string of the molecule is O=C(OCc1cc(-c2ccccc2)on1)c1ccc(F)cc1Cl. The minimum Gasteiger partial charge on any atom is -0.455 e. The van der Waals surface area contributed by atoms with Crippen LogP contribution in [0.25, 0.3) is 11.3 Å². The number of ether oxygens (including phenoxy) is 1. The summed E-state index contributed by atoms with van der Waals surface area (Å²) in [7, 11) is 0. The van der Waals surface area contributed by atoms with Gasteiger partial charge in [0, 0.05) is 11.6 Å². The molecule has 0 aliphatic carbocycles. The molecule has 0 aliphatic rings. The summed E-state index contributed by atoms with van der Waals surface area (Å²) < 4.78 is 23.3. The van der Waals surface area contributed by atoms with Gasteiger partial charge in [0.15, 0.2) is 5.76 Å². The predicted octanol–water partition coefficient (Wildman–Crippen LogP) is 4.49. The lowest BCUT2D eigenvalue weighted by Crippen LogP contribution is -2.06. The molecule has 0 unspecified atom stereocenters. The van der Waals surface area contributed by atoms with Gasteiger partial charge in [0.1, 0.15) is 18.1 Å². The number of rotatable bonds is 4. The smallest absolute Gasteiger partial charge is 0.340 e. The van der Waals surface area contributed by atoms with Gasteiger partial charge in [-0.05, 0) is 18.2 Å². The number of carbonyl (C=O) groups is 1. The van der Waals surface area contributed by atoms with Gasteiger partial charge in [-0.3, -0.25) is 0 Å². The lowest BCUT2D eigenvalue weighted by Gasteiger charge is -2.04. The van der Waals surface area contributed by atoms with Crippen LogP contribution in [-0.2, 0) is 11.3 Å². The molecule has 3 aromatic rings. The van der Waals surface area contributed by atoms with Crippen molar-refractivity contribution in [3.8, 4) is 11.3 Å². The minimum absolute atomic E-state index is 0.000118. The number of esters is 1. The fraction of sp³-hybridized carbons (Fsp3) is 0.0588. The normalized spacial score (nSPS) is 10.5. The first-order valence-electron chi connectivity index (χ1n) is 6.76. The largest absolute Gasteiger partial charge is 0.455 e. The van der Waals surface area contributed by atoms with Gasteiger partial charge in [0.2, 0.25) is 0 Å². The number of hydrogen-bond donors (Lipinski definition) is 0. The first-order chi connectivity index (χ1) is 11.1. The molecule has 116 valence electrons. The third-order valence-corrected chi connectivity index (χ3v) is 3.43. The molecule has 0 spiro atoms. The van der Waals surface area contributed by atoms with Gasteiger partial charge in [-0.2, -0.15) is 0 Å². The van der Waals surface area contributed by atoms with Gasteiger partial charge in [0.25, 0.3) is 0 Å². The molecule has 0 N–H and O–H groups in total. The maximum Gasteiger partial charge on any atom is 0.340 e. The van der Waals surface area contributed by atoms with Crippen LogP contribution < -0.4 is 0 Å². The number of aromatic nitrogens is 1. The van der Waals surface area contributed by atoms with Crippen molar-refractivity contribution in [2.45, 2.75) is 6.61 Å². The number of benzene rings is 2. The highest BCUT2D eigenvalue weighted by Gasteiger charge is 2.14. The Kier molecular flexibility index (Phi) is 4.39. The molecular weight excluding hydrogens is 321 g/mol. The zero-order valence-corrected chi connectivity index (χ0v) is 12.6. The standard InChI is InChI=1S/C17H11ClFNO3/c18-15-8-12(19)6-7-14(15)17(21)22-10-13-9-16(23-20-13)11-4-2-1-3-5-11/h1-9H,10H2. The zero-order chi connectivity index (χ0) is 16.2. The summed E-state index contributed by atoms with van der Waals surface area (Å²) in [4.78, 5) is 11.9. The molecule has 0 radical (unpaired) electrons. The van der Waals surface area contributed by atoms with Crippen molar-refractivity contribution in [2.24, 2.45) is 0 Å². The van der Waals surface area contributed by atoms with E-state index in [0.717, 1.165) is 17.7 Å². The van der Waals surface area contributed by atoms with E-state index in [-0.39, 0.29) is 17.2 Å². The second kappa shape index (κ2) is 6.62. The van der Waals surface area contributed by atoms with E-state index in [1.807, 2.05) is 30.3 Å². The van der Waals surface area contributed by atoms with E-state index in [0.29, 0.717) is 11.5 Å². The number of nitrogens with zero attached hydrogens (tertiary/aromatic N) is 1. The molecule has 0 aliphatic heterocycles. The van der Waals surface area contributed by atoms with E-state index in [9.17, 15) is 9.18 Å². The van der Waals surface area contributed by atoms with Crippen LogP contribution in [0.4, 0.5) is 4.39 Å². The predicted molar refractivity (Wildman–Crippen MR) is 82.5 cm³/mol. The average molecular weight is 332 g/mol. The van der Waals surface area contributed by atoms with Gasteiger partial charge >= 0.3 is 5.97 Å². The van der Waals surface area contributed by atoms with E-state index in [4.69, 9.17) is 20.9 Å². The lowest BCUT2D eigenvalue weighted by atomic mass is 10.2. The summed E-state index contributed by atoms with van der Waals surface area (Å²) in [5, 5.41) is 3.85. The second-order valence-electron chi connectivity index (χ2n) is 4.75. The average Bonchev–Trinajstić information content (AvgIpc) is 3.02. The van der Waals surface area contributed by atoms with Crippen molar-refractivity contribution in [2.75, 3.05) is 0 Å². The fourth-order valence-corrected chi connectivity index (χ4v) is 2.23. The molecule has 6 heteroatoms. The molecule has 0 amide bonds. The van der Waals surface area contributed by atoms with Crippen LogP contribution in [0.2, 0.25) is 5.02 Å². The van der Waals surface area contributed by atoms with Crippen LogP contribution in [0.5, 0.6) is 0 Å². The molecule has 0 fully saturated rings. The molecule has 4 nitrogen and oxygen atoms in total. The minimum atomic E-state index is -0.653. The maximum atomic E-state index is 13.0. The Bertz CT molecular complexity index is 833. The molecule has 0 saturated heterocycles. The van der Waals surface area contributed by atoms with Gasteiger partial charge in [0.05, 0.1) is 10.6 Å². The van der Waals surface area contributed by atoms with Crippen molar-refractivity contribution in [1.82, 2.24) is 5.16 Å². The Hall–Kier alpha value is -2.66. The highest BCUT2D eigenvalue weighted by Crippen LogP contribution is 2.21. The van der Waals surface area contributed by atoms with Crippen LogP contribution in [0.1, 0.15) is 16.1 Å². The summed E-state index contributed by atoms with van der Waals surface area (Å²) in [6.07, 6.45) is 0. The van der Waals surface area contributed by atoms with Crippen molar-refractivity contribution in [1.29, 1.82) is 0 Å². The van der Waals surface area contributed by atoms with Gasteiger partial charge in [-0.15, -0.1) is 0 Å². The van der Waals surface area contributed by atoms with E-state index in [2.05, 4.69) is 5.16 Å². The summed E-state index contributed by atoms with van der Waals surface area (Å²) in [6.45, 7) is -0.0666. The summed E-state index contributed by atoms with van der Waals surface area (Å²) in [5.41, 5.74) is 1.44. The molecule has 0 saturated carbocycles. The summed E-state index contributed by atoms with van der Waals surface area (Å²) in [6, 6.07) is 14.6.